The molecule has 1 aromatic heterocycles. The maximum Gasteiger partial charge on any atom is 0.374 e. The number of furan rings is 1. The van der Waals surface area contributed by atoms with Crippen LogP contribution in [0.5, 0.6) is 0 Å². The summed E-state index contributed by atoms with van der Waals surface area (Å²) in [6.45, 7) is 1.69. The van der Waals surface area contributed by atoms with Crippen molar-refractivity contribution in [1.82, 2.24) is 0 Å². The molecule has 1 aliphatic heterocycles. The Morgan fingerprint density at radius 3 is 2.68 bits per heavy atom. The maximum atomic E-state index is 12.1. The molecular weight excluding hydrogens is 348 g/mol. The summed E-state index contributed by atoms with van der Waals surface area (Å²) in [7, 11) is -3.17. The zero-order valence-corrected chi connectivity index (χ0v) is 14.5. The van der Waals surface area contributed by atoms with E-state index in [1.165, 1.54) is 0 Å². The first-order chi connectivity index (χ1) is 11.9. The van der Waals surface area contributed by atoms with Gasteiger partial charge in [-0.25, -0.2) is 13.2 Å². The van der Waals surface area contributed by atoms with Gasteiger partial charge >= 0.3 is 11.9 Å². The highest BCUT2D eigenvalue weighted by Gasteiger charge is 2.34. The molecule has 7 nitrogen and oxygen atoms in total. The van der Waals surface area contributed by atoms with Gasteiger partial charge < -0.3 is 13.9 Å². The van der Waals surface area contributed by atoms with Crippen LogP contribution in [0.2, 0.25) is 0 Å². The summed E-state index contributed by atoms with van der Waals surface area (Å²) < 4.78 is 38.8. The van der Waals surface area contributed by atoms with Crippen molar-refractivity contribution in [2.75, 3.05) is 18.1 Å². The topological polar surface area (TPSA) is 99.9 Å². The number of para-hydroxylation sites is 1. The molecule has 8 heteroatoms. The molecule has 0 saturated carbocycles. The maximum absolute atomic E-state index is 12.1. The summed E-state index contributed by atoms with van der Waals surface area (Å²) in [4.78, 5) is 24.2. The van der Waals surface area contributed by atoms with Crippen LogP contribution >= 0.6 is 0 Å². The second kappa shape index (κ2) is 6.87. The molecule has 2 aromatic rings. The number of hydrogen-bond donors (Lipinski definition) is 0. The fourth-order valence-corrected chi connectivity index (χ4v) is 4.57. The summed E-state index contributed by atoms with van der Waals surface area (Å²) >= 11 is 0. The normalized spacial score (nSPS) is 19.0. The van der Waals surface area contributed by atoms with Gasteiger partial charge in [-0.05, 0) is 19.4 Å². The number of rotatable bonds is 5. The van der Waals surface area contributed by atoms with Crippen molar-refractivity contribution in [3.8, 4) is 0 Å². The van der Waals surface area contributed by atoms with E-state index in [1.807, 2.05) is 0 Å². The van der Waals surface area contributed by atoms with E-state index < -0.39 is 27.7 Å². The van der Waals surface area contributed by atoms with E-state index in [0.29, 0.717) is 16.5 Å². The van der Waals surface area contributed by atoms with Gasteiger partial charge in [-0.15, -0.1) is 0 Å². The Morgan fingerprint density at radius 1 is 1.24 bits per heavy atom. The first kappa shape index (κ1) is 17.5. The fourth-order valence-electron chi connectivity index (χ4n) is 2.85. The third-order valence-corrected chi connectivity index (χ3v) is 5.85. The third kappa shape index (κ3) is 3.68. The predicted molar refractivity (Wildman–Crippen MR) is 88.7 cm³/mol. The van der Waals surface area contributed by atoms with Crippen LogP contribution in [0.1, 0.15) is 29.5 Å². The summed E-state index contributed by atoms with van der Waals surface area (Å²) in [6.07, 6.45) is 0.262. The second-order valence-corrected chi connectivity index (χ2v) is 8.06. The molecule has 1 fully saturated rings. The van der Waals surface area contributed by atoms with Gasteiger partial charge in [0.15, 0.2) is 9.84 Å². The largest absolute Gasteiger partial charge is 0.460 e. The van der Waals surface area contributed by atoms with Crippen LogP contribution in [0, 0.1) is 5.92 Å². The van der Waals surface area contributed by atoms with Crippen LogP contribution in [0.4, 0.5) is 0 Å². The molecule has 0 aliphatic carbocycles. The molecule has 2 heterocycles. The Kier molecular flexibility index (Phi) is 4.80. The van der Waals surface area contributed by atoms with Crippen LogP contribution < -0.4 is 0 Å². The van der Waals surface area contributed by atoms with Gasteiger partial charge in [0.2, 0.25) is 5.76 Å². The summed E-state index contributed by atoms with van der Waals surface area (Å²) in [6, 6.07) is 7.00. The van der Waals surface area contributed by atoms with Gasteiger partial charge in [-0.1, -0.05) is 18.2 Å². The van der Waals surface area contributed by atoms with Crippen LogP contribution in [-0.2, 0) is 30.7 Å². The number of benzene rings is 1. The fraction of sp³-hybridized carbons (Fsp3) is 0.412. The standard InChI is InChI=1S/C17H18O7S/c1-2-22-17(19)15-13(12-5-3-4-6-14(12)24-15)9-23-16(18)11-7-8-25(20,21)10-11/h3-6,11H,2,7-10H2,1H3/t11-/m1/s1. The minimum atomic E-state index is -3.17. The quantitative estimate of drug-likeness (QED) is 0.747. The van der Waals surface area contributed by atoms with Crippen molar-refractivity contribution in [3.63, 3.8) is 0 Å². The number of ether oxygens (including phenoxy) is 2. The van der Waals surface area contributed by atoms with E-state index in [-0.39, 0.29) is 36.9 Å². The van der Waals surface area contributed by atoms with E-state index in [9.17, 15) is 18.0 Å². The van der Waals surface area contributed by atoms with Crippen LogP contribution in [0.25, 0.3) is 11.0 Å². The predicted octanol–water partition coefficient (Wildman–Crippen LogP) is 2.09. The van der Waals surface area contributed by atoms with Crippen molar-refractivity contribution < 1.29 is 31.9 Å². The monoisotopic (exact) mass is 366 g/mol. The molecule has 1 aromatic carbocycles. The summed E-state index contributed by atoms with van der Waals surface area (Å²) in [5.41, 5.74) is 0.906. The Labute approximate surface area is 144 Å². The lowest BCUT2D eigenvalue weighted by atomic mass is 10.1. The van der Waals surface area contributed by atoms with Crippen molar-refractivity contribution in [3.05, 3.63) is 35.6 Å². The summed E-state index contributed by atoms with van der Waals surface area (Å²) in [5, 5.41) is 0.650. The zero-order chi connectivity index (χ0) is 18.0. The van der Waals surface area contributed by atoms with Crippen LogP contribution in [0.3, 0.4) is 0 Å². The Bertz CT molecular complexity index is 910. The van der Waals surface area contributed by atoms with Gasteiger partial charge in [-0.2, -0.15) is 0 Å². The molecule has 0 amide bonds. The molecule has 1 atom stereocenters. The molecular formula is C17H18O7S. The molecule has 134 valence electrons. The lowest BCUT2D eigenvalue weighted by molar-refractivity contribution is -0.149. The van der Waals surface area contributed by atoms with E-state index in [0.717, 1.165) is 0 Å². The van der Waals surface area contributed by atoms with Crippen molar-refractivity contribution in [1.29, 1.82) is 0 Å². The molecule has 1 aliphatic rings. The Hall–Kier alpha value is -2.35. The van der Waals surface area contributed by atoms with Crippen LogP contribution in [-0.4, -0.2) is 38.5 Å². The lowest BCUT2D eigenvalue weighted by Gasteiger charge is -2.09. The average molecular weight is 366 g/mol. The molecule has 0 radical (unpaired) electrons. The van der Waals surface area contributed by atoms with Gasteiger partial charge in [0.05, 0.1) is 29.6 Å². The molecule has 0 unspecified atom stereocenters. The minimum Gasteiger partial charge on any atom is -0.460 e. The highest BCUT2D eigenvalue weighted by molar-refractivity contribution is 7.91. The Balaban J connectivity index is 1.81. The molecule has 0 N–H and O–H groups in total. The number of carbonyl (C=O) groups excluding carboxylic acids is 2. The number of sulfone groups is 1. The number of carbonyl (C=O) groups is 2. The number of esters is 2. The zero-order valence-electron chi connectivity index (χ0n) is 13.7. The lowest BCUT2D eigenvalue weighted by Crippen LogP contribution is -2.19. The van der Waals surface area contributed by atoms with Gasteiger partial charge in [0, 0.05) is 5.39 Å². The van der Waals surface area contributed by atoms with Crippen molar-refractivity contribution >= 4 is 32.7 Å². The molecule has 3 rings (SSSR count). The van der Waals surface area contributed by atoms with Crippen LogP contribution in [0.15, 0.2) is 28.7 Å². The van der Waals surface area contributed by atoms with Crippen molar-refractivity contribution in [2.45, 2.75) is 20.0 Å². The smallest absolute Gasteiger partial charge is 0.374 e. The molecule has 1 saturated heterocycles. The molecule has 0 spiro atoms. The molecule has 0 bridgehead atoms. The average Bonchev–Trinajstić information content (AvgIpc) is 3.13. The number of hydrogen-bond acceptors (Lipinski definition) is 7. The third-order valence-electron chi connectivity index (χ3n) is 4.08. The van der Waals surface area contributed by atoms with Gasteiger partial charge in [-0.3, -0.25) is 4.79 Å². The van der Waals surface area contributed by atoms with E-state index in [2.05, 4.69) is 0 Å². The highest BCUT2D eigenvalue weighted by atomic mass is 32.2. The van der Waals surface area contributed by atoms with E-state index >= 15 is 0 Å². The van der Waals surface area contributed by atoms with Crippen molar-refractivity contribution in [2.24, 2.45) is 5.92 Å². The SMILES string of the molecule is CCOC(=O)c1oc2ccccc2c1COC(=O)[C@@H]1CCS(=O)(=O)C1. The van der Waals surface area contributed by atoms with E-state index in [1.54, 1.807) is 31.2 Å². The minimum absolute atomic E-state index is 0.00448. The first-order valence-corrected chi connectivity index (χ1v) is 9.78. The van der Waals surface area contributed by atoms with E-state index in [4.69, 9.17) is 13.9 Å². The second-order valence-electron chi connectivity index (χ2n) is 5.83. The van der Waals surface area contributed by atoms with Gasteiger partial charge in [0.25, 0.3) is 0 Å². The highest BCUT2D eigenvalue weighted by Crippen LogP contribution is 2.28. The van der Waals surface area contributed by atoms with Gasteiger partial charge in [0.1, 0.15) is 12.2 Å². The molecule has 25 heavy (non-hydrogen) atoms. The number of fused-ring (bicyclic) bond motifs is 1. The first-order valence-electron chi connectivity index (χ1n) is 7.96. The summed E-state index contributed by atoms with van der Waals surface area (Å²) in [5.74, 6) is -2.07. The Morgan fingerprint density at radius 2 is 2.00 bits per heavy atom.